The van der Waals surface area contributed by atoms with Crippen molar-refractivity contribution in [2.24, 2.45) is 0 Å². The van der Waals surface area contributed by atoms with Crippen molar-refractivity contribution in [2.75, 3.05) is 27.2 Å². The summed E-state index contributed by atoms with van der Waals surface area (Å²) in [7, 11) is 3.97. The molecule has 1 heterocycles. The van der Waals surface area contributed by atoms with Crippen LogP contribution in [0.25, 0.3) is 0 Å². The number of hydrogen-bond donors (Lipinski definition) is 1. The summed E-state index contributed by atoms with van der Waals surface area (Å²) in [6.45, 7) is 7.70. The summed E-state index contributed by atoms with van der Waals surface area (Å²) in [6, 6.07) is 7.25. The molecule has 0 bridgehead atoms. The van der Waals surface area contributed by atoms with Crippen molar-refractivity contribution in [2.45, 2.75) is 38.8 Å². The molecule has 1 fully saturated rings. The van der Waals surface area contributed by atoms with Gasteiger partial charge in [-0.25, -0.2) is 0 Å². The summed E-state index contributed by atoms with van der Waals surface area (Å²) in [5, 5.41) is 3.43. The third-order valence-electron chi connectivity index (χ3n) is 4.01. The summed E-state index contributed by atoms with van der Waals surface area (Å²) in [4.78, 5) is 2.45. The van der Waals surface area contributed by atoms with Gasteiger partial charge in [0, 0.05) is 19.1 Å². The van der Waals surface area contributed by atoms with E-state index in [1.54, 1.807) is 7.11 Å². The zero-order valence-electron chi connectivity index (χ0n) is 12.6. The maximum atomic E-state index is 5.44. The van der Waals surface area contributed by atoms with Crippen LogP contribution in [-0.2, 0) is 6.54 Å². The maximum absolute atomic E-state index is 5.44. The SMILES string of the molecule is COc1ccc(CN(C)C2CCNC2)cc1C(C)C. The standard InChI is InChI=1S/C16H26N2O/c1-12(2)15-9-13(5-6-16(15)19-4)11-18(3)14-7-8-17-10-14/h5-6,9,12,14,17H,7-8,10-11H2,1-4H3. The molecule has 1 atom stereocenters. The van der Waals surface area contributed by atoms with Gasteiger partial charge >= 0.3 is 0 Å². The lowest BCUT2D eigenvalue weighted by molar-refractivity contribution is 0.248. The molecule has 2 rings (SSSR count). The van der Waals surface area contributed by atoms with Crippen LogP contribution in [0.1, 0.15) is 37.3 Å². The van der Waals surface area contributed by atoms with Gasteiger partial charge in [-0.3, -0.25) is 4.90 Å². The van der Waals surface area contributed by atoms with Gasteiger partial charge < -0.3 is 10.1 Å². The van der Waals surface area contributed by atoms with Gasteiger partial charge in [-0.15, -0.1) is 0 Å². The van der Waals surface area contributed by atoms with Crippen LogP contribution in [0.15, 0.2) is 18.2 Å². The van der Waals surface area contributed by atoms with Gasteiger partial charge in [0.25, 0.3) is 0 Å². The first-order chi connectivity index (χ1) is 9.11. The average molecular weight is 262 g/mol. The Kier molecular flexibility index (Phi) is 4.83. The van der Waals surface area contributed by atoms with Crippen molar-refractivity contribution < 1.29 is 4.74 Å². The van der Waals surface area contributed by atoms with E-state index in [0.717, 1.165) is 25.4 Å². The maximum Gasteiger partial charge on any atom is 0.122 e. The molecule has 0 saturated carbocycles. The first-order valence-corrected chi connectivity index (χ1v) is 7.19. The van der Waals surface area contributed by atoms with Gasteiger partial charge in [-0.05, 0) is 43.1 Å². The number of methoxy groups -OCH3 is 1. The molecule has 0 spiro atoms. The Morgan fingerprint density at radius 1 is 1.42 bits per heavy atom. The van der Waals surface area contributed by atoms with Crippen LogP contribution >= 0.6 is 0 Å². The van der Waals surface area contributed by atoms with Gasteiger partial charge in [0.05, 0.1) is 7.11 Å². The molecule has 0 aromatic heterocycles. The minimum absolute atomic E-state index is 0.494. The van der Waals surface area contributed by atoms with Crippen LogP contribution in [0.3, 0.4) is 0 Å². The van der Waals surface area contributed by atoms with Crippen molar-refractivity contribution in [3.63, 3.8) is 0 Å². The van der Waals surface area contributed by atoms with Gasteiger partial charge in [-0.1, -0.05) is 26.0 Å². The number of nitrogens with zero attached hydrogens (tertiary/aromatic N) is 1. The van der Waals surface area contributed by atoms with Crippen molar-refractivity contribution in [3.05, 3.63) is 29.3 Å². The zero-order valence-corrected chi connectivity index (χ0v) is 12.6. The fourth-order valence-electron chi connectivity index (χ4n) is 2.77. The van der Waals surface area contributed by atoms with E-state index in [4.69, 9.17) is 4.74 Å². The fourth-order valence-corrected chi connectivity index (χ4v) is 2.77. The second-order valence-corrected chi connectivity index (χ2v) is 5.79. The smallest absolute Gasteiger partial charge is 0.122 e. The number of rotatable bonds is 5. The van der Waals surface area contributed by atoms with E-state index < -0.39 is 0 Å². The molecule has 1 aliphatic rings. The molecule has 3 nitrogen and oxygen atoms in total. The minimum Gasteiger partial charge on any atom is -0.496 e. The Bertz CT molecular complexity index is 411. The molecule has 1 N–H and O–H groups in total. The molecule has 106 valence electrons. The third kappa shape index (κ3) is 3.48. The number of likely N-dealkylation sites (N-methyl/N-ethyl adjacent to an activating group) is 1. The van der Waals surface area contributed by atoms with Crippen LogP contribution < -0.4 is 10.1 Å². The van der Waals surface area contributed by atoms with E-state index in [1.165, 1.54) is 17.5 Å². The van der Waals surface area contributed by atoms with Crippen molar-refractivity contribution in [1.29, 1.82) is 0 Å². The molecule has 0 amide bonds. The summed E-state index contributed by atoms with van der Waals surface area (Å²) >= 11 is 0. The van der Waals surface area contributed by atoms with E-state index >= 15 is 0 Å². The van der Waals surface area contributed by atoms with Gasteiger partial charge in [0.15, 0.2) is 0 Å². The average Bonchev–Trinajstić information content (AvgIpc) is 2.92. The van der Waals surface area contributed by atoms with Crippen LogP contribution in [0.5, 0.6) is 5.75 Å². The zero-order chi connectivity index (χ0) is 13.8. The van der Waals surface area contributed by atoms with Crippen molar-refractivity contribution in [1.82, 2.24) is 10.2 Å². The Hall–Kier alpha value is -1.06. The lowest BCUT2D eigenvalue weighted by atomic mass is 9.99. The van der Waals surface area contributed by atoms with Crippen LogP contribution in [0.2, 0.25) is 0 Å². The van der Waals surface area contributed by atoms with Gasteiger partial charge in [-0.2, -0.15) is 0 Å². The lowest BCUT2D eigenvalue weighted by Gasteiger charge is -2.24. The third-order valence-corrected chi connectivity index (χ3v) is 4.01. The lowest BCUT2D eigenvalue weighted by Crippen LogP contribution is -2.32. The van der Waals surface area contributed by atoms with Crippen LogP contribution in [-0.4, -0.2) is 38.2 Å². The van der Waals surface area contributed by atoms with Crippen molar-refractivity contribution >= 4 is 0 Å². The number of hydrogen-bond acceptors (Lipinski definition) is 3. The van der Waals surface area contributed by atoms with Crippen LogP contribution in [0.4, 0.5) is 0 Å². The molecular formula is C16H26N2O. The quantitative estimate of drug-likeness (QED) is 0.883. The minimum atomic E-state index is 0.494. The molecule has 1 aromatic carbocycles. The Morgan fingerprint density at radius 2 is 2.21 bits per heavy atom. The molecule has 1 saturated heterocycles. The van der Waals surface area contributed by atoms with E-state index in [-0.39, 0.29) is 0 Å². The number of benzene rings is 1. The van der Waals surface area contributed by atoms with E-state index in [1.807, 2.05) is 0 Å². The van der Waals surface area contributed by atoms with Crippen LogP contribution in [0, 0.1) is 0 Å². The monoisotopic (exact) mass is 262 g/mol. The molecule has 3 heteroatoms. The normalized spacial score (nSPS) is 19.4. The first-order valence-electron chi connectivity index (χ1n) is 7.19. The molecular weight excluding hydrogens is 236 g/mol. The number of ether oxygens (including phenoxy) is 1. The number of nitrogens with one attached hydrogen (secondary N) is 1. The highest BCUT2D eigenvalue weighted by Crippen LogP contribution is 2.27. The van der Waals surface area contributed by atoms with Gasteiger partial charge in [0.1, 0.15) is 5.75 Å². The summed E-state index contributed by atoms with van der Waals surface area (Å²) in [6.07, 6.45) is 1.25. The molecule has 1 aliphatic heterocycles. The summed E-state index contributed by atoms with van der Waals surface area (Å²) in [5.41, 5.74) is 2.68. The topological polar surface area (TPSA) is 24.5 Å². The Morgan fingerprint density at radius 3 is 2.79 bits per heavy atom. The Balaban J connectivity index is 2.09. The van der Waals surface area contributed by atoms with E-state index in [9.17, 15) is 0 Å². The molecule has 0 aliphatic carbocycles. The molecule has 1 aromatic rings. The fraction of sp³-hybridized carbons (Fsp3) is 0.625. The highest BCUT2D eigenvalue weighted by atomic mass is 16.5. The first kappa shape index (κ1) is 14.4. The predicted octanol–water partition coefficient (Wildman–Crippen LogP) is 2.61. The largest absolute Gasteiger partial charge is 0.496 e. The van der Waals surface area contributed by atoms with Gasteiger partial charge in [0.2, 0.25) is 0 Å². The molecule has 0 radical (unpaired) electrons. The molecule has 19 heavy (non-hydrogen) atoms. The van der Waals surface area contributed by atoms with E-state index in [0.29, 0.717) is 12.0 Å². The summed E-state index contributed by atoms with van der Waals surface area (Å²) < 4.78 is 5.44. The second-order valence-electron chi connectivity index (χ2n) is 5.79. The highest BCUT2D eigenvalue weighted by molar-refractivity contribution is 5.39. The Labute approximate surface area is 116 Å². The highest BCUT2D eigenvalue weighted by Gasteiger charge is 2.19. The summed E-state index contributed by atoms with van der Waals surface area (Å²) in [5.74, 6) is 1.50. The van der Waals surface area contributed by atoms with Crippen molar-refractivity contribution in [3.8, 4) is 5.75 Å². The predicted molar refractivity (Wildman–Crippen MR) is 79.8 cm³/mol. The van der Waals surface area contributed by atoms with E-state index in [2.05, 4.69) is 49.3 Å². The molecule has 1 unspecified atom stereocenters. The second kappa shape index (κ2) is 6.40.